The van der Waals surface area contributed by atoms with Gasteiger partial charge in [-0.05, 0) is 25.0 Å². The number of ether oxygens (including phenoxy) is 1. The number of pyridine rings is 1. The highest BCUT2D eigenvalue weighted by Gasteiger charge is 2.24. The number of rotatable bonds is 5. The zero-order valence-corrected chi connectivity index (χ0v) is 15.0. The molecule has 142 valence electrons. The first-order valence-corrected chi connectivity index (χ1v) is 9.26. The van der Waals surface area contributed by atoms with Gasteiger partial charge in [-0.15, -0.1) is 0 Å². The summed E-state index contributed by atoms with van der Waals surface area (Å²) >= 11 is 0. The number of nitrogens with zero attached hydrogens (tertiary/aromatic N) is 3. The Morgan fingerprint density at radius 1 is 1.19 bits per heavy atom. The fraction of sp³-hybridized carbons (Fsp3) is 0.611. The maximum atomic E-state index is 12.3. The molecule has 1 aromatic rings. The largest absolute Gasteiger partial charge is 0.379 e. The van der Waals surface area contributed by atoms with E-state index >= 15 is 0 Å². The van der Waals surface area contributed by atoms with E-state index in [0.717, 1.165) is 45.7 Å². The van der Waals surface area contributed by atoms with Crippen LogP contribution < -0.4 is 10.6 Å². The van der Waals surface area contributed by atoms with E-state index in [9.17, 15) is 9.59 Å². The molecule has 0 atom stereocenters. The summed E-state index contributed by atoms with van der Waals surface area (Å²) in [5.74, 6) is -0.105. The summed E-state index contributed by atoms with van der Waals surface area (Å²) < 4.78 is 5.32. The maximum Gasteiger partial charge on any atom is 0.317 e. The summed E-state index contributed by atoms with van der Waals surface area (Å²) in [6, 6.07) is 3.58. The zero-order valence-electron chi connectivity index (χ0n) is 15.0. The Morgan fingerprint density at radius 3 is 2.65 bits per heavy atom. The Labute approximate surface area is 153 Å². The number of urea groups is 1. The van der Waals surface area contributed by atoms with Crippen LogP contribution in [0.4, 0.5) is 4.79 Å². The second kappa shape index (κ2) is 9.49. The van der Waals surface area contributed by atoms with E-state index in [-0.39, 0.29) is 18.0 Å². The number of hydrogen-bond donors (Lipinski definition) is 2. The minimum absolute atomic E-state index is 0.0182. The van der Waals surface area contributed by atoms with Crippen molar-refractivity contribution in [2.45, 2.75) is 18.9 Å². The van der Waals surface area contributed by atoms with Gasteiger partial charge in [0.15, 0.2) is 0 Å². The van der Waals surface area contributed by atoms with Crippen LogP contribution in [0.5, 0.6) is 0 Å². The van der Waals surface area contributed by atoms with E-state index in [0.29, 0.717) is 25.2 Å². The SMILES string of the molecule is O=C(NC1CCN(C(=O)NCCN2CCOCC2)CC1)c1cccnc1. The highest BCUT2D eigenvalue weighted by atomic mass is 16.5. The Bertz CT molecular complexity index is 584. The lowest BCUT2D eigenvalue weighted by atomic mass is 10.0. The Hall–Kier alpha value is -2.19. The highest BCUT2D eigenvalue weighted by Crippen LogP contribution is 2.11. The molecule has 2 aliphatic heterocycles. The van der Waals surface area contributed by atoms with Gasteiger partial charge in [0.05, 0.1) is 18.8 Å². The van der Waals surface area contributed by atoms with Crippen molar-refractivity contribution >= 4 is 11.9 Å². The fourth-order valence-corrected chi connectivity index (χ4v) is 3.25. The van der Waals surface area contributed by atoms with Crippen LogP contribution in [0.25, 0.3) is 0 Å². The molecule has 0 radical (unpaired) electrons. The molecule has 8 nitrogen and oxygen atoms in total. The van der Waals surface area contributed by atoms with Gasteiger partial charge in [0.2, 0.25) is 0 Å². The summed E-state index contributed by atoms with van der Waals surface area (Å²) in [7, 11) is 0. The van der Waals surface area contributed by atoms with Crippen LogP contribution in [0.1, 0.15) is 23.2 Å². The van der Waals surface area contributed by atoms with Gasteiger partial charge in [-0.2, -0.15) is 0 Å². The molecule has 2 N–H and O–H groups in total. The predicted octanol–water partition coefficient (Wildman–Crippen LogP) is 0.318. The number of likely N-dealkylation sites (tertiary alicyclic amines) is 1. The normalized spacial score (nSPS) is 19.2. The average Bonchev–Trinajstić information content (AvgIpc) is 2.70. The lowest BCUT2D eigenvalue weighted by Crippen LogP contribution is -2.50. The Balaban J connectivity index is 1.33. The number of aromatic nitrogens is 1. The van der Waals surface area contributed by atoms with Crippen LogP contribution >= 0.6 is 0 Å². The van der Waals surface area contributed by atoms with Gasteiger partial charge >= 0.3 is 6.03 Å². The molecule has 8 heteroatoms. The zero-order chi connectivity index (χ0) is 18.2. The molecule has 0 aromatic carbocycles. The number of nitrogens with one attached hydrogen (secondary N) is 2. The van der Waals surface area contributed by atoms with Crippen molar-refractivity contribution < 1.29 is 14.3 Å². The molecule has 2 fully saturated rings. The molecule has 0 bridgehead atoms. The van der Waals surface area contributed by atoms with Gasteiger partial charge in [-0.25, -0.2) is 4.79 Å². The van der Waals surface area contributed by atoms with Crippen molar-refractivity contribution in [1.82, 2.24) is 25.4 Å². The minimum atomic E-state index is -0.105. The Kier molecular flexibility index (Phi) is 6.79. The van der Waals surface area contributed by atoms with Gasteiger partial charge in [0.1, 0.15) is 0 Å². The summed E-state index contributed by atoms with van der Waals surface area (Å²) in [4.78, 5) is 32.5. The first-order valence-electron chi connectivity index (χ1n) is 9.26. The standard InChI is InChI=1S/C18H27N5O3/c24-17(15-2-1-5-19-14-15)21-16-3-7-23(8-4-16)18(25)20-6-9-22-10-12-26-13-11-22/h1-2,5,14,16H,3-4,6-13H2,(H,20,25)(H,21,24). The number of carbonyl (C=O) groups excluding carboxylic acids is 2. The molecule has 0 saturated carbocycles. The van der Waals surface area contributed by atoms with Crippen LogP contribution in [0.2, 0.25) is 0 Å². The Morgan fingerprint density at radius 2 is 1.96 bits per heavy atom. The maximum absolute atomic E-state index is 12.3. The molecule has 0 spiro atoms. The molecule has 0 unspecified atom stereocenters. The summed E-state index contributed by atoms with van der Waals surface area (Å²) in [6.45, 7) is 6.21. The van der Waals surface area contributed by atoms with E-state index < -0.39 is 0 Å². The molecule has 0 aliphatic carbocycles. The monoisotopic (exact) mass is 361 g/mol. The van der Waals surface area contributed by atoms with Crippen LogP contribution in [0.15, 0.2) is 24.5 Å². The molecule has 2 saturated heterocycles. The molecular weight excluding hydrogens is 334 g/mol. The lowest BCUT2D eigenvalue weighted by Gasteiger charge is -2.33. The number of hydrogen-bond acceptors (Lipinski definition) is 5. The van der Waals surface area contributed by atoms with Gasteiger partial charge < -0.3 is 20.3 Å². The quantitative estimate of drug-likeness (QED) is 0.789. The third kappa shape index (κ3) is 5.40. The van der Waals surface area contributed by atoms with Crippen molar-refractivity contribution in [2.75, 3.05) is 52.5 Å². The molecule has 3 rings (SSSR count). The van der Waals surface area contributed by atoms with Gasteiger partial charge in [0, 0.05) is 57.7 Å². The molecular formula is C18H27N5O3. The van der Waals surface area contributed by atoms with Crippen LogP contribution in [0.3, 0.4) is 0 Å². The van der Waals surface area contributed by atoms with Crippen LogP contribution in [0, 0.1) is 0 Å². The first kappa shape index (κ1) is 18.6. The lowest BCUT2D eigenvalue weighted by molar-refractivity contribution is 0.0385. The van der Waals surface area contributed by atoms with Crippen LogP contribution in [-0.4, -0.2) is 85.2 Å². The predicted molar refractivity (Wildman–Crippen MR) is 97.0 cm³/mol. The van der Waals surface area contributed by atoms with E-state index in [1.165, 1.54) is 0 Å². The topological polar surface area (TPSA) is 86.8 Å². The van der Waals surface area contributed by atoms with E-state index in [4.69, 9.17) is 4.74 Å². The third-order valence-electron chi connectivity index (χ3n) is 4.85. The van der Waals surface area contributed by atoms with E-state index in [2.05, 4.69) is 20.5 Å². The molecule has 3 amide bonds. The summed E-state index contributed by atoms with van der Waals surface area (Å²) in [5.41, 5.74) is 0.566. The van der Waals surface area contributed by atoms with Crippen molar-refractivity contribution in [1.29, 1.82) is 0 Å². The van der Waals surface area contributed by atoms with Crippen molar-refractivity contribution in [3.05, 3.63) is 30.1 Å². The highest BCUT2D eigenvalue weighted by molar-refractivity contribution is 5.94. The molecule has 1 aromatic heterocycles. The number of morpholine rings is 1. The number of carbonyl (C=O) groups is 2. The van der Waals surface area contributed by atoms with Gasteiger partial charge in [-0.1, -0.05) is 0 Å². The number of piperidine rings is 1. The van der Waals surface area contributed by atoms with Gasteiger partial charge in [-0.3, -0.25) is 14.7 Å². The molecule has 26 heavy (non-hydrogen) atoms. The summed E-state index contributed by atoms with van der Waals surface area (Å²) in [6.07, 6.45) is 4.74. The second-order valence-corrected chi connectivity index (χ2v) is 6.66. The smallest absolute Gasteiger partial charge is 0.317 e. The van der Waals surface area contributed by atoms with Crippen LogP contribution in [-0.2, 0) is 4.74 Å². The minimum Gasteiger partial charge on any atom is -0.379 e. The van der Waals surface area contributed by atoms with Crippen molar-refractivity contribution in [2.24, 2.45) is 0 Å². The molecule has 3 heterocycles. The third-order valence-corrected chi connectivity index (χ3v) is 4.85. The second-order valence-electron chi connectivity index (χ2n) is 6.66. The van der Waals surface area contributed by atoms with Crippen molar-refractivity contribution in [3.63, 3.8) is 0 Å². The van der Waals surface area contributed by atoms with Crippen molar-refractivity contribution in [3.8, 4) is 0 Å². The van der Waals surface area contributed by atoms with Gasteiger partial charge in [0.25, 0.3) is 5.91 Å². The average molecular weight is 361 g/mol. The van der Waals surface area contributed by atoms with E-state index in [1.54, 1.807) is 24.5 Å². The first-order chi connectivity index (χ1) is 12.7. The van der Waals surface area contributed by atoms with E-state index in [1.807, 2.05) is 4.90 Å². The number of amides is 3. The summed E-state index contributed by atoms with van der Waals surface area (Å²) in [5, 5.41) is 6.02. The molecule has 2 aliphatic rings. The fourth-order valence-electron chi connectivity index (χ4n) is 3.25.